The van der Waals surface area contributed by atoms with Crippen molar-refractivity contribution in [3.63, 3.8) is 0 Å². The van der Waals surface area contributed by atoms with Gasteiger partial charge in [0.25, 0.3) is 0 Å². The maximum atomic E-state index is 13.7. The molecule has 5 nitrogen and oxygen atoms in total. The molecule has 0 spiro atoms. The van der Waals surface area contributed by atoms with Gasteiger partial charge in [0.2, 0.25) is 5.91 Å². The van der Waals surface area contributed by atoms with E-state index < -0.39 is 0 Å². The van der Waals surface area contributed by atoms with Gasteiger partial charge in [-0.25, -0.2) is 4.39 Å². The zero-order valence-electron chi connectivity index (χ0n) is 18.6. The number of fused-ring (bicyclic) bond motifs is 3. The van der Waals surface area contributed by atoms with Crippen molar-refractivity contribution >= 4 is 33.4 Å². The monoisotopic (exact) mass is 443 g/mol. The van der Waals surface area contributed by atoms with Gasteiger partial charge in [0.05, 0.1) is 11.6 Å². The minimum absolute atomic E-state index is 0.0436. The molecule has 2 aliphatic carbocycles. The summed E-state index contributed by atoms with van der Waals surface area (Å²) in [7, 11) is 0. The van der Waals surface area contributed by atoms with E-state index >= 15 is 0 Å². The van der Waals surface area contributed by atoms with E-state index in [9.17, 15) is 9.18 Å². The fraction of sp³-hybridized carbons (Fsp3) is 0.333. The van der Waals surface area contributed by atoms with E-state index in [2.05, 4.69) is 21.4 Å². The molecule has 0 radical (unpaired) electrons. The molecule has 0 aliphatic heterocycles. The summed E-state index contributed by atoms with van der Waals surface area (Å²) in [5.74, 6) is 1.84. The van der Waals surface area contributed by atoms with Crippen molar-refractivity contribution in [1.29, 1.82) is 0 Å². The number of aromatic nitrogens is 2. The molecule has 0 saturated heterocycles. The molecule has 6 heteroatoms. The fourth-order valence-electron chi connectivity index (χ4n) is 5.84. The van der Waals surface area contributed by atoms with Gasteiger partial charge in [-0.3, -0.25) is 9.78 Å². The lowest BCUT2D eigenvalue weighted by atomic mass is 9.97. The number of anilines is 1. The zero-order valence-corrected chi connectivity index (χ0v) is 18.6. The molecule has 2 aromatic carbocycles. The second-order valence-corrected chi connectivity index (χ2v) is 9.62. The van der Waals surface area contributed by atoms with Crippen LogP contribution in [0.25, 0.3) is 21.8 Å². The molecule has 2 N–H and O–H groups in total. The minimum Gasteiger partial charge on any atom is -0.490 e. The number of carbonyl (C=O) groups excluding carboxylic acids is 1. The highest BCUT2D eigenvalue weighted by atomic mass is 19.1. The van der Waals surface area contributed by atoms with Gasteiger partial charge in [-0.2, -0.15) is 0 Å². The molecule has 168 valence electrons. The Morgan fingerprint density at radius 1 is 1.15 bits per heavy atom. The molecule has 1 unspecified atom stereocenters. The Kier molecular flexibility index (Phi) is 4.64. The van der Waals surface area contributed by atoms with Gasteiger partial charge in [0.15, 0.2) is 0 Å². The summed E-state index contributed by atoms with van der Waals surface area (Å²) >= 11 is 0. The molecule has 2 aliphatic rings. The average Bonchev–Trinajstić information content (AvgIpc) is 3.10. The number of hydrogen-bond acceptors (Lipinski definition) is 3. The van der Waals surface area contributed by atoms with Crippen LogP contribution in [-0.2, 0) is 4.79 Å². The molecule has 2 fully saturated rings. The van der Waals surface area contributed by atoms with Crippen LogP contribution >= 0.6 is 0 Å². The molecule has 2 heterocycles. The van der Waals surface area contributed by atoms with Crippen molar-refractivity contribution in [2.75, 3.05) is 5.32 Å². The maximum Gasteiger partial charge on any atom is 0.227 e. The molecule has 1 amide bonds. The second kappa shape index (κ2) is 7.58. The lowest BCUT2D eigenvalue weighted by molar-refractivity contribution is -0.120. The lowest BCUT2D eigenvalue weighted by Crippen LogP contribution is -2.25. The number of amides is 1. The standard InChI is InChI=1S/C27H26FN3O2/c1-14-9-16-3-5-18(11-24(16)30-14)31-27(32)15(2)26-20-12-19(13-21(20)26)33-25-7-8-29-23-6-4-17(28)10-22(23)25/h3-11,15,19-21,26,30H,12-13H2,1-2H3,(H,31,32)/t15?,19-,20+,21-,26-. The van der Waals surface area contributed by atoms with Gasteiger partial charge in [-0.05, 0) is 85.4 Å². The number of aromatic amines is 1. The van der Waals surface area contributed by atoms with Gasteiger partial charge in [0.1, 0.15) is 11.6 Å². The summed E-state index contributed by atoms with van der Waals surface area (Å²) in [6, 6.07) is 14.5. The van der Waals surface area contributed by atoms with Crippen LogP contribution in [0.1, 0.15) is 25.5 Å². The highest BCUT2D eigenvalue weighted by Crippen LogP contribution is 2.61. The predicted octanol–water partition coefficient (Wildman–Crippen LogP) is 5.84. The van der Waals surface area contributed by atoms with E-state index in [1.807, 2.05) is 38.1 Å². The lowest BCUT2D eigenvalue weighted by Gasteiger charge is -2.20. The van der Waals surface area contributed by atoms with Gasteiger partial charge in [0, 0.05) is 34.4 Å². The van der Waals surface area contributed by atoms with Crippen LogP contribution in [0, 0.1) is 36.4 Å². The van der Waals surface area contributed by atoms with E-state index in [-0.39, 0.29) is 23.7 Å². The molecule has 33 heavy (non-hydrogen) atoms. The number of hydrogen-bond donors (Lipinski definition) is 2. The number of aryl methyl sites for hydroxylation is 1. The third-order valence-corrected chi connectivity index (χ3v) is 7.44. The third-order valence-electron chi connectivity index (χ3n) is 7.44. The largest absolute Gasteiger partial charge is 0.490 e. The normalized spacial score (nSPS) is 24.6. The summed E-state index contributed by atoms with van der Waals surface area (Å²) in [6.07, 6.45) is 3.66. The molecule has 2 aromatic heterocycles. The van der Waals surface area contributed by atoms with Crippen molar-refractivity contribution in [1.82, 2.24) is 9.97 Å². The van der Waals surface area contributed by atoms with Crippen LogP contribution in [0.5, 0.6) is 5.75 Å². The van der Waals surface area contributed by atoms with Crippen molar-refractivity contribution in [2.45, 2.75) is 32.8 Å². The van der Waals surface area contributed by atoms with Gasteiger partial charge >= 0.3 is 0 Å². The van der Waals surface area contributed by atoms with E-state index in [4.69, 9.17) is 4.74 Å². The summed E-state index contributed by atoms with van der Waals surface area (Å²) in [4.78, 5) is 20.5. The number of ether oxygens (including phenoxy) is 1. The highest BCUT2D eigenvalue weighted by molar-refractivity contribution is 5.95. The number of rotatable bonds is 5. The predicted molar refractivity (Wildman–Crippen MR) is 127 cm³/mol. The van der Waals surface area contributed by atoms with Crippen LogP contribution in [0.4, 0.5) is 10.1 Å². The van der Waals surface area contributed by atoms with Crippen molar-refractivity contribution in [3.8, 4) is 5.75 Å². The van der Waals surface area contributed by atoms with Crippen molar-refractivity contribution < 1.29 is 13.9 Å². The number of nitrogens with one attached hydrogen (secondary N) is 2. The van der Waals surface area contributed by atoms with Crippen LogP contribution in [0.3, 0.4) is 0 Å². The Balaban J connectivity index is 1.08. The molecule has 0 bridgehead atoms. The Hall–Kier alpha value is -3.41. The van der Waals surface area contributed by atoms with Gasteiger partial charge in [-0.1, -0.05) is 13.0 Å². The molecule has 6 rings (SSSR count). The first-order valence-corrected chi connectivity index (χ1v) is 11.6. The van der Waals surface area contributed by atoms with Crippen molar-refractivity contribution in [3.05, 3.63) is 66.2 Å². The Morgan fingerprint density at radius 3 is 2.79 bits per heavy atom. The average molecular weight is 444 g/mol. The van der Waals surface area contributed by atoms with Crippen LogP contribution in [-0.4, -0.2) is 22.0 Å². The number of nitrogens with zero attached hydrogens (tertiary/aromatic N) is 1. The first-order chi connectivity index (χ1) is 16.0. The summed E-state index contributed by atoms with van der Waals surface area (Å²) < 4.78 is 20.0. The van der Waals surface area contributed by atoms with Crippen molar-refractivity contribution in [2.24, 2.45) is 23.7 Å². The molecule has 2 saturated carbocycles. The Labute approximate surface area is 191 Å². The van der Waals surface area contributed by atoms with Crippen LogP contribution in [0.2, 0.25) is 0 Å². The molecular formula is C27H26FN3O2. The van der Waals surface area contributed by atoms with Gasteiger partial charge in [-0.15, -0.1) is 0 Å². The summed E-state index contributed by atoms with van der Waals surface area (Å²) in [5, 5.41) is 4.95. The maximum absolute atomic E-state index is 13.7. The number of benzene rings is 2. The SMILES string of the molecule is Cc1cc2ccc(NC(=O)C(C)[C@H]3[C@@H]4C[C@H](Oc5ccnc6ccc(F)cc56)C[C@@H]43)cc2[nH]1. The number of pyridine rings is 1. The number of halogens is 1. The topological polar surface area (TPSA) is 67.0 Å². The third kappa shape index (κ3) is 3.63. The number of H-pyrrole nitrogens is 1. The van der Waals surface area contributed by atoms with Crippen LogP contribution in [0.15, 0.2) is 54.7 Å². The van der Waals surface area contributed by atoms with E-state index in [0.717, 1.165) is 40.6 Å². The van der Waals surface area contributed by atoms with Gasteiger partial charge < -0.3 is 15.0 Å². The zero-order chi connectivity index (χ0) is 22.7. The molecule has 4 aromatic rings. The van der Waals surface area contributed by atoms with E-state index in [0.29, 0.717) is 28.9 Å². The first kappa shape index (κ1) is 20.2. The summed E-state index contributed by atoms with van der Waals surface area (Å²) in [5.41, 5.74) is 3.69. The Morgan fingerprint density at radius 2 is 1.97 bits per heavy atom. The fourth-order valence-corrected chi connectivity index (χ4v) is 5.84. The van der Waals surface area contributed by atoms with E-state index in [1.54, 1.807) is 12.3 Å². The Bertz CT molecular complexity index is 1370. The quantitative estimate of drug-likeness (QED) is 0.407. The van der Waals surface area contributed by atoms with Crippen LogP contribution < -0.4 is 10.1 Å². The van der Waals surface area contributed by atoms with E-state index in [1.165, 1.54) is 12.1 Å². The molecular weight excluding hydrogens is 417 g/mol. The first-order valence-electron chi connectivity index (χ1n) is 11.6. The second-order valence-electron chi connectivity index (χ2n) is 9.62. The number of carbonyl (C=O) groups is 1. The highest BCUT2D eigenvalue weighted by Gasteiger charge is 2.59. The summed E-state index contributed by atoms with van der Waals surface area (Å²) in [6.45, 7) is 4.06. The smallest absolute Gasteiger partial charge is 0.227 e. The molecule has 5 atom stereocenters. The minimum atomic E-state index is -0.292.